The van der Waals surface area contributed by atoms with Gasteiger partial charge in [-0.05, 0) is 66.5 Å². The lowest BCUT2D eigenvalue weighted by atomic mass is 10.2. The van der Waals surface area contributed by atoms with Crippen molar-refractivity contribution >= 4 is 35.8 Å². The van der Waals surface area contributed by atoms with Crippen molar-refractivity contribution < 1.29 is 4.79 Å². The Morgan fingerprint density at radius 3 is 2.67 bits per heavy atom. The second kappa shape index (κ2) is 16.4. The molecule has 0 saturated carbocycles. The van der Waals surface area contributed by atoms with Crippen molar-refractivity contribution in [3.8, 4) is 0 Å². The van der Waals surface area contributed by atoms with E-state index in [-0.39, 0.29) is 24.0 Å². The number of nitrogens with one attached hydrogen (secondary N) is 2. The number of likely N-dealkylation sites (tertiary alicyclic amines) is 1. The van der Waals surface area contributed by atoms with Gasteiger partial charge in [0.2, 0.25) is 5.91 Å². The molecule has 1 rings (SSSR count). The van der Waals surface area contributed by atoms with E-state index < -0.39 is 0 Å². The minimum Gasteiger partial charge on any atom is -0.357 e. The van der Waals surface area contributed by atoms with Gasteiger partial charge < -0.3 is 20.4 Å². The Bertz CT molecular complexity index is 417. The van der Waals surface area contributed by atoms with E-state index in [1.165, 1.54) is 12.8 Å². The van der Waals surface area contributed by atoms with Crippen molar-refractivity contribution in [3.63, 3.8) is 0 Å². The van der Waals surface area contributed by atoms with Crippen molar-refractivity contribution in [2.45, 2.75) is 71.8 Å². The summed E-state index contributed by atoms with van der Waals surface area (Å²) in [5.41, 5.74) is 0. The Hall–Kier alpha value is -0.570. The minimum atomic E-state index is 0. The first-order chi connectivity index (χ1) is 12.5. The van der Waals surface area contributed by atoms with Crippen LogP contribution < -0.4 is 10.6 Å². The predicted molar refractivity (Wildman–Crippen MR) is 126 cm³/mol. The summed E-state index contributed by atoms with van der Waals surface area (Å²) in [6, 6.07) is 0.609. The Balaban J connectivity index is 0.00000676. The summed E-state index contributed by atoms with van der Waals surface area (Å²) in [5.74, 6) is 1.22. The van der Waals surface area contributed by atoms with Gasteiger partial charge in [0, 0.05) is 45.2 Å². The summed E-state index contributed by atoms with van der Waals surface area (Å²) in [6.07, 6.45) is 7.37. The van der Waals surface area contributed by atoms with Gasteiger partial charge in [0.15, 0.2) is 5.96 Å². The maximum atomic E-state index is 12.0. The molecular weight excluding hydrogens is 453 g/mol. The zero-order valence-corrected chi connectivity index (χ0v) is 20.3. The second-order valence-corrected chi connectivity index (χ2v) is 7.51. The molecule has 0 atom stereocenters. The first kappa shape index (κ1) is 26.4. The van der Waals surface area contributed by atoms with Gasteiger partial charge in [0.25, 0.3) is 0 Å². The van der Waals surface area contributed by atoms with Crippen molar-refractivity contribution in [1.82, 2.24) is 20.4 Å². The highest BCUT2D eigenvalue weighted by atomic mass is 127. The number of carbonyl (C=O) groups excluding carboxylic acids is 1. The van der Waals surface area contributed by atoms with Crippen LogP contribution in [0.1, 0.15) is 65.7 Å². The van der Waals surface area contributed by atoms with E-state index in [1.54, 1.807) is 0 Å². The van der Waals surface area contributed by atoms with Crippen LogP contribution >= 0.6 is 24.0 Å². The van der Waals surface area contributed by atoms with Crippen molar-refractivity contribution in [2.24, 2.45) is 4.99 Å². The summed E-state index contributed by atoms with van der Waals surface area (Å²) in [7, 11) is 2.18. The first-order valence-corrected chi connectivity index (χ1v) is 10.5. The number of guanidine groups is 1. The monoisotopic (exact) mass is 495 g/mol. The molecule has 1 saturated heterocycles. The number of hydrogen-bond donors (Lipinski definition) is 2. The van der Waals surface area contributed by atoms with Gasteiger partial charge in [0.1, 0.15) is 0 Å². The zero-order chi connectivity index (χ0) is 19.2. The molecule has 1 aliphatic heterocycles. The summed E-state index contributed by atoms with van der Waals surface area (Å²) in [5, 5.41) is 6.73. The topological polar surface area (TPSA) is 60.0 Å². The minimum absolute atomic E-state index is 0. The van der Waals surface area contributed by atoms with Gasteiger partial charge in [-0.25, -0.2) is 0 Å². The third-order valence-electron chi connectivity index (χ3n) is 4.98. The molecule has 0 unspecified atom stereocenters. The van der Waals surface area contributed by atoms with E-state index in [4.69, 9.17) is 0 Å². The number of amides is 1. The molecule has 1 amide bonds. The highest BCUT2D eigenvalue weighted by Crippen LogP contribution is 2.11. The first-order valence-electron chi connectivity index (χ1n) is 10.5. The van der Waals surface area contributed by atoms with Crippen LogP contribution in [-0.2, 0) is 4.79 Å². The summed E-state index contributed by atoms with van der Waals surface area (Å²) in [4.78, 5) is 21.1. The molecule has 6 nitrogen and oxygen atoms in total. The molecule has 0 spiro atoms. The molecule has 0 bridgehead atoms. The van der Waals surface area contributed by atoms with Gasteiger partial charge in [-0.15, -0.1) is 24.0 Å². The lowest BCUT2D eigenvalue weighted by Gasteiger charge is -2.21. The Morgan fingerprint density at radius 1 is 1.19 bits per heavy atom. The highest BCUT2D eigenvalue weighted by molar-refractivity contribution is 14.0. The average Bonchev–Trinajstić information content (AvgIpc) is 2.82. The Labute approximate surface area is 183 Å². The fourth-order valence-electron chi connectivity index (χ4n) is 3.02. The predicted octanol–water partition coefficient (Wildman–Crippen LogP) is 3.07. The number of halogens is 1. The van der Waals surface area contributed by atoms with E-state index in [0.29, 0.717) is 11.9 Å². The molecule has 0 aromatic carbocycles. The normalized spacial score (nSPS) is 15.7. The van der Waals surface area contributed by atoms with Gasteiger partial charge in [-0.2, -0.15) is 0 Å². The lowest BCUT2D eigenvalue weighted by Crippen LogP contribution is -2.38. The molecule has 0 aromatic rings. The SMILES string of the molecule is CCNC(=NCCCN1CCCCCC1=O)NCCCCN(C)C(C)C.I. The fourth-order valence-corrected chi connectivity index (χ4v) is 3.02. The molecule has 0 aromatic heterocycles. The van der Waals surface area contributed by atoms with Crippen LogP contribution in [0.15, 0.2) is 4.99 Å². The van der Waals surface area contributed by atoms with E-state index >= 15 is 0 Å². The quantitative estimate of drug-likeness (QED) is 0.200. The second-order valence-electron chi connectivity index (χ2n) is 7.51. The number of hydrogen-bond acceptors (Lipinski definition) is 3. The zero-order valence-electron chi connectivity index (χ0n) is 17.9. The summed E-state index contributed by atoms with van der Waals surface area (Å²) in [6.45, 7) is 12.0. The fraction of sp³-hybridized carbons (Fsp3) is 0.900. The van der Waals surface area contributed by atoms with Crippen molar-refractivity contribution in [2.75, 3.05) is 46.3 Å². The average molecular weight is 495 g/mol. The van der Waals surface area contributed by atoms with Crippen LogP contribution in [0.2, 0.25) is 0 Å². The van der Waals surface area contributed by atoms with Gasteiger partial charge >= 0.3 is 0 Å². The maximum absolute atomic E-state index is 12.0. The number of rotatable bonds is 11. The largest absolute Gasteiger partial charge is 0.357 e. The van der Waals surface area contributed by atoms with Crippen LogP contribution in [0.5, 0.6) is 0 Å². The van der Waals surface area contributed by atoms with Crippen LogP contribution in [0.25, 0.3) is 0 Å². The molecule has 0 radical (unpaired) electrons. The lowest BCUT2D eigenvalue weighted by molar-refractivity contribution is -0.130. The molecule has 160 valence electrons. The Kier molecular flexibility index (Phi) is 16.0. The third-order valence-corrected chi connectivity index (χ3v) is 4.98. The molecule has 1 fully saturated rings. The van der Waals surface area contributed by atoms with Crippen molar-refractivity contribution in [3.05, 3.63) is 0 Å². The molecule has 1 aliphatic rings. The van der Waals surface area contributed by atoms with Gasteiger partial charge in [0.05, 0.1) is 0 Å². The van der Waals surface area contributed by atoms with E-state index in [1.807, 2.05) is 4.90 Å². The van der Waals surface area contributed by atoms with E-state index in [2.05, 4.69) is 48.3 Å². The van der Waals surface area contributed by atoms with E-state index in [9.17, 15) is 4.79 Å². The number of nitrogens with zero attached hydrogens (tertiary/aromatic N) is 3. The highest BCUT2D eigenvalue weighted by Gasteiger charge is 2.15. The van der Waals surface area contributed by atoms with Crippen LogP contribution in [0.4, 0.5) is 0 Å². The third kappa shape index (κ3) is 12.5. The molecule has 1 heterocycles. The standard InChI is InChI=1S/C20H41N5O.HI/c1-5-21-20(22-13-8-10-15-24(4)18(2)3)23-14-11-17-25-16-9-6-7-12-19(25)26;/h18H,5-17H2,1-4H3,(H2,21,22,23);1H. The molecule has 2 N–H and O–H groups in total. The summed E-state index contributed by atoms with van der Waals surface area (Å²) < 4.78 is 0. The van der Waals surface area contributed by atoms with Crippen molar-refractivity contribution in [1.29, 1.82) is 0 Å². The van der Waals surface area contributed by atoms with Gasteiger partial charge in [-0.1, -0.05) is 6.42 Å². The van der Waals surface area contributed by atoms with E-state index in [0.717, 1.165) is 77.3 Å². The molecular formula is C20H42IN5O. The number of aliphatic imine (C=N–C) groups is 1. The maximum Gasteiger partial charge on any atom is 0.222 e. The molecule has 7 heteroatoms. The Morgan fingerprint density at radius 2 is 1.96 bits per heavy atom. The van der Waals surface area contributed by atoms with Gasteiger partial charge in [-0.3, -0.25) is 9.79 Å². The number of carbonyl (C=O) groups is 1. The van der Waals surface area contributed by atoms with Crippen LogP contribution in [-0.4, -0.2) is 74.0 Å². The van der Waals surface area contributed by atoms with Crippen LogP contribution in [0, 0.1) is 0 Å². The molecule has 0 aliphatic carbocycles. The van der Waals surface area contributed by atoms with Crippen LogP contribution in [0.3, 0.4) is 0 Å². The summed E-state index contributed by atoms with van der Waals surface area (Å²) >= 11 is 0. The smallest absolute Gasteiger partial charge is 0.222 e. The molecule has 27 heavy (non-hydrogen) atoms. The number of unbranched alkanes of at least 4 members (excludes halogenated alkanes) is 1.